The van der Waals surface area contributed by atoms with Crippen LogP contribution in [-0.2, 0) is 32.9 Å². The summed E-state index contributed by atoms with van der Waals surface area (Å²) in [5.41, 5.74) is 0.547. The number of halogens is 2. The summed E-state index contributed by atoms with van der Waals surface area (Å²) in [4.78, 5) is 0. The van der Waals surface area contributed by atoms with Gasteiger partial charge in [-0.25, -0.2) is 8.78 Å². The van der Waals surface area contributed by atoms with Gasteiger partial charge in [-0.3, -0.25) is 8.37 Å². The quantitative estimate of drug-likeness (QED) is 0.821. The third-order valence-electron chi connectivity index (χ3n) is 2.54. The van der Waals surface area contributed by atoms with Crippen molar-refractivity contribution in [2.45, 2.75) is 13.2 Å². The molecular formula is C14H12F2O3S. The average molecular weight is 298 g/mol. The fourth-order valence-electron chi connectivity index (χ4n) is 1.49. The zero-order valence-electron chi connectivity index (χ0n) is 10.4. The molecule has 3 nitrogen and oxygen atoms in total. The number of benzene rings is 2. The highest BCUT2D eigenvalue weighted by Gasteiger charge is 2.07. The molecule has 0 bridgehead atoms. The monoisotopic (exact) mass is 298 g/mol. The second-order valence-electron chi connectivity index (χ2n) is 3.91. The van der Waals surface area contributed by atoms with Crippen LogP contribution in [0.3, 0.4) is 0 Å². The van der Waals surface area contributed by atoms with Gasteiger partial charge in [-0.2, -0.15) is 4.21 Å². The van der Waals surface area contributed by atoms with Crippen molar-refractivity contribution < 1.29 is 21.4 Å². The Kier molecular flexibility index (Phi) is 5.34. The van der Waals surface area contributed by atoms with E-state index in [1.54, 1.807) is 24.3 Å². The Labute approximate surface area is 118 Å². The summed E-state index contributed by atoms with van der Waals surface area (Å²) >= 11 is -2.07. The topological polar surface area (TPSA) is 35.5 Å². The molecule has 0 aromatic heterocycles. The lowest BCUT2D eigenvalue weighted by Gasteiger charge is -2.05. The van der Waals surface area contributed by atoms with Crippen molar-refractivity contribution in [3.05, 3.63) is 71.3 Å². The van der Waals surface area contributed by atoms with E-state index in [1.807, 2.05) is 0 Å². The van der Waals surface area contributed by atoms with Gasteiger partial charge in [0.2, 0.25) is 0 Å². The third kappa shape index (κ3) is 4.19. The van der Waals surface area contributed by atoms with Crippen LogP contribution in [0.4, 0.5) is 8.78 Å². The fraction of sp³-hybridized carbons (Fsp3) is 0.143. The summed E-state index contributed by atoms with van der Waals surface area (Å²) in [6.07, 6.45) is 0. The molecule has 6 heteroatoms. The van der Waals surface area contributed by atoms with Crippen LogP contribution in [0.2, 0.25) is 0 Å². The Morgan fingerprint density at radius 2 is 1.20 bits per heavy atom. The van der Waals surface area contributed by atoms with Crippen LogP contribution < -0.4 is 0 Å². The molecule has 2 aromatic carbocycles. The first-order valence-corrected chi connectivity index (χ1v) is 6.82. The lowest BCUT2D eigenvalue weighted by atomic mass is 10.2. The molecule has 2 aromatic rings. The molecule has 2 rings (SSSR count). The largest absolute Gasteiger partial charge is 0.305 e. The van der Waals surface area contributed by atoms with Gasteiger partial charge < -0.3 is 0 Å². The van der Waals surface area contributed by atoms with Crippen molar-refractivity contribution in [1.82, 2.24) is 0 Å². The summed E-state index contributed by atoms with van der Waals surface area (Å²) in [6.45, 7) is -0.368. The summed E-state index contributed by atoms with van der Waals surface area (Å²) in [7, 11) is 0. The zero-order valence-corrected chi connectivity index (χ0v) is 11.2. The lowest BCUT2D eigenvalue weighted by Crippen LogP contribution is -2.04. The van der Waals surface area contributed by atoms with Gasteiger partial charge in [0.15, 0.2) is 0 Å². The van der Waals surface area contributed by atoms with E-state index in [-0.39, 0.29) is 24.3 Å². The summed E-state index contributed by atoms with van der Waals surface area (Å²) in [5.74, 6) is -0.891. The van der Waals surface area contributed by atoms with Gasteiger partial charge in [0, 0.05) is 11.1 Å². The van der Waals surface area contributed by atoms with Gasteiger partial charge in [-0.05, 0) is 12.1 Å². The molecule has 0 fully saturated rings. The molecule has 0 heterocycles. The van der Waals surface area contributed by atoms with Crippen molar-refractivity contribution in [1.29, 1.82) is 0 Å². The van der Waals surface area contributed by atoms with Gasteiger partial charge in [-0.15, -0.1) is 0 Å². The van der Waals surface area contributed by atoms with Gasteiger partial charge in [-0.1, -0.05) is 36.4 Å². The highest BCUT2D eigenvalue weighted by atomic mass is 32.2. The predicted molar refractivity (Wildman–Crippen MR) is 70.5 cm³/mol. The van der Waals surface area contributed by atoms with Crippen LogP contribution in [0.25, 0.3) is 0 Å². The molecule has 0 aliphatic carbocycles. The molecule has 0 N–H and O–H groups in total. The van der Waals surface area contributed by atoms with Crippen molar-refractivity contribution in [2.24, 2.45) is 0 Å². The normalized spacial score (nSPS) is 10.9. The van der Waals surface area contributed by atoms with Crippen molar-refractivity contribution in [2.75, 3.05) is 0 Å². The van der Waals surface area contributed by atoms with E-state index in [0.717, 1.165) is 0 Å². The first-order valence-electron chi connectivity index (χ1n) is 5.82. The van der Waals surface area contributed by atoms with E-state index in [2.05, 4.69) is 0 Å². The zero-order chi connectivity index (χ0) is 14.4. The molecule has 0 unspecified atom stereocenters. The maximum atomic E-state index is 13.3. The van der Waals surface area contributed by atoms with Crippen LogP contribution in [0, 0.1) is 11.6 Å². The first kappa shape index (κ1) is 14.8. The Hall–Kier alpha value is -1.63. The maximum Gasteiger partial charge on any atom is 0.305 e. The molecule has 0 atom stereocenters. The molecule has 0 aliphatic rings. The average Bonchev–Trinajstić information content (AvgIpc) is 2.45. The van der Waals surface area contributed by atoms with Gasteiger partial charge in [0.25, 0.3) is 0 Å². The highest BCUT2D eigenvalue weighted by molar-refractivity contribution is 7.75. The predicted octanol–water partition coefficient (Wildman–Crippen LogP) is 3.28. The second-order valence-corrected chi connectivity index (χ2v) is 4.79. The smallest absolute Gasteiger partial charge is 0.264 e. The molecular weight excluding hydrogens is 286 g/mol. The Bertz CT molecular complexity index is 553. The molecule has 0 radical (unpaired) electrons. The lowest BCUT2D eigenvalue weighted by molar-refractivity contribution is 0.232. The van der Waals surface area contributed by atoms with Crippen LogP contribution in [0.1, 0.15) is 11.1 Å². The summed E-state index contributed by atoms with van der Waals surface area (Å²) in [5, 5.41) is 0. The van der Waals surface area contributed by atoms with Gasteiger partial charge >= 0.3 is 11.4 Å². The van der Waals surface area contributed by atoms with E-state index in [9.17, 15) is 13.0 Å². The first-order chi connectivity index (χ1) is 9.66. The van der Waals surface area contributed by atoms with Crippen molar-refractivity contribution in [3.8, 4) is 0 Å². The molecule has 0 saturated carbocycles. The highest BCUT2D eigenvalue weighted by Crippen LogP contribution is 2.11. The molecule has 0 aliphatic heterocycles. The van der Waals surface area contributed by atoms with Gasteiger partial charge in [0.05, 0.1) is 13.2 Å². The minimum atomic E-state index is -2.07. The Morgan fingerprint density at radius 3 is 1.60 bits per heavy atom. The van der Waals surface area contributed by atoms with Crippen LogP contribution in [0.15, 0.2) is 48.5 Å². The molecule has 0 spiro atoms. The standard InChI is InChI=1S/C14H12F2O3S/c15-13-7-3-1-5-11(13)9-18-20(17)19-10-12-6-2-4-8-14(12)16/h1-8H,9-10H2. The van der Waals surface area contributed by atoms with Crippen LogP contribution in [0.5, 0.6) is 0 Å². The van der Waals surface area contributed by atoms with Crippen LogP contribution in [-0.4, -0.2) is 4.21 Å². The molecule has 20 heavy (non-hydrogen) atoms. The number of hydrogen-bond donors (Lipinski definition) is 0. The molecule has 0 saturated heterocycles. The third-order valence-corrected chi connectivity index (χ3v) is 3.16. The number of rotatable bonds is 6. The van der Waals surface area contributed by atoms with E-state index in [1.165, 1.54) is 24.3 Å². The van der Waals surface area contributed by atoms with E-state index in [4.69, 9.17) is 8.37 Å². The second kappa shape index (κ2) is 7.23. The Morgan fingerprint density at radius 1 is 0.800 bits per heavy atom. The van der Waals surface area contributed by atoms with Gasteiger partial charge in [0.1, 0.15) is 11.6 Å². The van der Waals surface area contributed by atoms with Crippen LogP contribution >= 0.6 is 0 Å². The minimum absolute atomic E-state index is 0.184. The minimum Gasteiger partial charge on any atom is -0.264 e. The van der Waals surface area contributed by atoms with E-state index in [0.29, 0.717) is 0 Å². The molecule has 0 amide bonds. The van der Waals surface area contributed by atoms with E-state index < -0.39 is 23.0 Å². The van der Waals surface area contributed by atoms with E-state index >= 15 is 0 Å². The van der Waals surface area contributed by atoms with Crippen molar-refractivity contribution in [3.63, 3.8) is 0 Å². The SMILES string of the molecule is O=S(OCc1ccccc1F)OCc1ccccc1F. The fourth-order valence-corrected chi connectivity index (χ4v) is 2.00. The summed E-state index contributed by atoms with van der Waals surface area (Å²) in [6, 6.07) is 12.0. The number of hydrogen-bond acceptors (Lipinski definition) is 3. The Balaban J connectivity index is 1.82. The molecule has 106 valence electrons. The van der Waals surface area contributed by atoms with Crippen molar-refractivity contribution >= 4 is 11.4 Å². The maximum absolute atomic E-state index is 13.3. The summed E-state index contributed by atoms with van der Waals surface area (Å²) < 4.78 is 47.7.